The van der Waals surface area contributed by atoms with Crippen LogP contribution in [0.3, 0.4) is 0 Å². The zero-order valence-electron chi connectivity index (χ0n) is 25.5. The van der Waals surface area contributed by atoms with Gasteiger partial charge in [0.1, 0.15) is 11.5 Å². The number of rotatable bonds is 13. The number of ether oxygens (including phenoxy) is 2. The largest absolute Gasteiger partial charge is 0.483 e. The molecule has 0 radical (unpaired) electrons. The molecule has 0 aliphatic carbocycles. The molecule has 0 aromatic heterocycles. The number of carbonyl (C=O) groups excluding carboxylic acids is 2. The molecule has 44 heavy (non-hydrogen) atoms. The number of para-hydroxylation sites is 2. The van der Waals surface area contributed by atoms with Crippen LogP contribution in [0.2, 0.25) is 0 Å². The van der Waals surface area contributed by atoms with E-state index in [1.54, 1.807) is 9.80 Å². The third-order valence-electron chi connectivity index (χ3n) is 7.18. The van der Waals surface area contributed by atoms with Crippen molar-refractivity contribution in [1.82, 2.24) is 0 Å². The molecule has 0 saturated heterocycles. The van der Waals surface area contributed by atoms with E-state index >= 15 is 0 Å². The lowest BCUT2D eigenvalue weighted by molar-refractivity contribution is -0.122. The molecule has 0 N–H and O–H groups in total. The van der Waals surface area contributed by atoms with Crippen LogP contribution in [0.1, 0.15) is 50.7 Å². The topological polar surface area (TPSA) is 59.1 Å². The fourth-order valence-corrected chi connectivity index (χ4v) is 5.61. The first-order valence-electron chi connectivity index (χ1n) is 14.7. The normalized spacial score (nSPS) is 11.0. The van der Waals surface area contributed by atoms with E-state index in [1.165, 1.54) is 0 Å². The van der Waals surface area contributed by atoms with Crippen molar-refractivity contribution in [2.75, 3.05) is 36.1 Å². The lowest BCUT2D eigenvalue weighted by Crippen LogP contribution is -2.44. The Morgan fingerprint density at radius 1 is 0.591 bits per heavy atom. The van der Waals surface area contributed by atoms with Crippen molar-refractivity contribution in [1.29, 1.82) is 0 Å². The number of hydrogen-bond acceptors (Lipinski definition) is 4. The van der Waals surface area contributed by atoms with Crippen LogP contribution in [-0.2, 0) is 9.59 Å². The Balaban J connectivity index is 1.53. The van der Waals surface area contributed by atoms with Gasteiger partial charge >= 0.3 is 0 Å². The van der Waals surface area contributed by atoms with Gasteiger partial charge in [0.15, 0.2) is 13.2 Å². The van der Waals surface area contributed by atoms with Gasteiger partial charge in [-0.15, -0.1) is 0 Å². The Morgan fingerprint density at radius 2 is 0.955 bits per heavy atom. The molecule has 0 bridgehead atoms. The molecule has 8 heteroatoms. The zero-order valence-corrected chi connectivity index (χ0v) is 28.7. The molecule has 6 nitrogen and oxygen atoms in total. The van der Waals surface area contributed by atoms with Crippen LogP contribution in [0.25, 0.3) is 0 Å². The Morgan fingerprint density at radius 3 is 1.30 bits per heavy atom. The highest BCUT2D eigenvalue weighted by molar-refractivity contribution is 9.10. The number of nitrogens with zero attached hydrogens (tertiary/aromatic N) is 2. The molecule has 0 atom stereocenters. The van der Waals surface area contributed by atoms with E-state index in [4.69, 9.17) is 9.47 Å². The van der Waals surface area contributed by atoms with Crippen molar-refractivity contribution < 1.29 is 19.1 Å². The van der Waals surface area contributed by atoms with Crippen molar-refractivity contribution in [3.63, 3.8) is 0 Å². The maximum Gasteiger partial charge on any atom is 0.264 e. The molecule has 4 aromatic rings. The summed E-state index contributed by atoms with van der Waals surface area (Å²) in [5.74, 6) is 1.39. The summed E-state index contributed by atoms with van der Waals surface area (Å²) in [6, 6.07) is 30.5. The highest BCUT2D eigenvalue weighted by Crippen LogP contribution is 2.31. The molecule has 4 rings (SSSR count). The summed E-state index contributed by atoms with van der Waals surface area (Å²) in [5, 5.41) is 0. The zero-order chi connectivity index (χ0) is 31.6. The summed E-state index contributed by atoms with van der Waals surface area (Å²) >= 11 is 7.05. The van der Waals surface area contributed by atoms with Gasteiger partial charge in [-0.05, 0) is 83.6 Å². The Kier molecular flexibility index (Phi) is 12.0. The van der Waals surface area contributed by atoms with E-state index < -0.39 is 0 Å². The van der Waals surface area contributed by atoms with Crippen molar-refractivity contribution in [2.45, 2.75) is 39.5 Å². The summed E-state index contributed by atoms with van der Waals surface area (Å²) in [6.07, 6.45) is 0. The third kappa shape index (κ3) is 8.96. The molecular formula is C36H38Br2N2O4. The summed E-state index contributed by atoms with van der Waals surface area (Å²) in [6.45, 7) is 8.61. The van der Waals surface area contributed by atoms with Gasteiger partial charge in [0.05, 0.1) is 0 Å². The monoisotopic (exact) mass is 720 g/mol. The van der Waals surface area contributed by atoms with Gasteiger partial charge in [0.25, 0.3) is 11.8 Å². The van der Waals surface area contributed by atoms with Gasteiger partial charge in [-0.25, -0.2) is 0 Å². The molecule has 0 heterocycles. The van der Waals surface area contributed by atoms with Crippen LogP contribution in [0, 0.1) is 0 Å². The molecule has 0 aliphatic heterocycles. The predicted octanol–water partition coefficient (Wildman–Crippen LogP) is 8.98. The van der Waals surface area contributed by atoms with Gasteiger partial charge < -0.3 is 19.3 Å². The van der Waals surface area contributed by atoms with E-state index in [1.807, 2.05) is 97.1 Å². The number of carbonyl (C=O) groups is 2. The molecule has 0 spiro atoms. The molecule has 0 fully saturated rings. The maximum absolute atomic E-state index is 13.7. The lowest BCUT2D eigenvalue weighted by Gasteiger charge is -2.28. The molecule has 230 valence electrons. The third-order valence-corrected chi connectivity index (χ3v) is 8.16. The highest BCUT2D eigenvalue weighted by atomic mass is 79.9. The second kappa shape index (κ2) is 15.9. The SMILES string of the molecule is CC(C)c1cc(Br)ccc1OCC(=O)N(CCN(C(=O)COc1ccc(Br)cc1C(C)C)c1ccccc1)c1ccccc1. The van der Waals surface area contributed by atoms with E-state index in [2.05, 4.69) is 59.6 Å². The van der Waals surface area contributed by atoms with E-state index in [0.29, 0.717) is 11.5 Å². The predicted molar refractivity (Wildman–Crippen MR) is 185 cm³/mol. The molecule has 0 saturated carbocycles. The number of benzene rings is 4. The number of amides is 2. The Bertz CT molecular complexity index is 1430. The minimum atomic E-state index is -0.207. The summed E-state index contributed by atoms with van der Waals surface area (Å²) in [4.78, 5) is 30.7. The van der Waals surface area contributed by atoms with Gasteiger partial charge in [-0.2, -0.15) is 0 Å². The van der Waals surface area contributed by atoms with Crippen molar-refractivity contribution in [3.05, 3.63) is 117 Å². The molecule has 4 aromatic carbocycles. The van der Waals surface area contributed by atoms with E-state index in [9.17, 15) is 9.59 Å². The van der Waals surface area contributed by atoms with Crippen LogP contribution in [-0.4, -0.2) is 38.1 Å². The van der Waals surface area contributed by atoms with Gasteiger partial charge in [0, 0.05) is 33.4 Å². The van der Waals surface area contributed by atoms with Crippen LogP contribution >= 0.6 is 31.9 Å². The first-order valence-corrected chi connectivity index (χ1v) is 16.3. The number of hydrogen-bond donors (Lipinski definition) is 0. The Hall–Kier alpha value is -3.62. The molecule has 0 unspecified atom stereocenters. The summed E-state index contributed by atoms with van der Waals surface area (Å²) in [5.41, 5.74) is 3.50. The van der Waals surface area contributed by atoms with Crippen LogP contribution < -0.4 is 19.3 Å². The fraction of sp³-hybridized carbons (Fsp3) is 0.278. The fourth-order valence-electron chi connectivity index (χ4n) is 4.85. The van der Waals surface area contributed by atoms with Crippen LogP contribution in [0.4, 0.5) is 11.4 Å². The molecule has 0 aliphatic rings. The standard InChI is InChI=1S/C36H38Br2N2O4/c1-25(2)31-21-27(37)15-17-33(31)43-23-35(41)39(29-11-7-5-8-12-29)19-20-40(30-13-9-6-10-14-30)36(42)24-44-34-18-16-28(38)22-32(34)26(3)4/h5-18,21-22,25-26H,19-20,23-24H2,1-4H3. The highest BCUT2D eigenvalue weighted by Gasteiger charge is 2.23. The minimum Gasteiger partial charge on any atom is -0.483 e. The van der Waals surface area contributed by atoms with Gasteiger partial charge in [-0.1, -0.05) is 96.0 Å². The van der Waals surface area contributed by atoms with Gasteiger partial charge in [-0.3, -0.25) is 9.59 Å². The Labute approximate surface area is 277 Å². The first-order chi connectivity index (χ1) is 21.1. The average molecular weight is 723 g/mol. The lowest BCUT2D eigenvalue weighted by atomic mass is 10.0. The maximum atomic E-state index is 13.7. The van der Waals surface area contributed by atoms with E-state index in [0.717, 1.165) is 31.4 Å². The first kappa shape index (κ1) is 33.3. The average Bonchev–Trinajstić information content (AvgIpc) is 3.02. The number of halogens is 2. The molecule has 2 amide bonds. The quantitative estimate of drug-likeness (QED) is 0.138. The minimum absolute atomic E-state index is 0.139. The van der Waals surface area contributed by atoms with Crippen LogP contribution in [0.15, 0.2) is 106 Å². The van der Waals surface area contributed by atoms with Crippen molar-refractivity contribution in [2.24, 2.45) is 0 Å². The second-order valence-corrected chi connectivity index (χ2v) is 12.8. The van der Waals surface area contributed by atoms with Gasteiger partial charge in [0.2, 0.25) is 0 Å². The summed E-state index contributed by atoms with van der Waals surface area (Å²) in [7, 11) is 0. The summed E-state index contributed by atoms with van der Waals surface area (Å²) < 4.78 is 14.1. The molecular weight excluding hydrogens is 684 g/mol. The van der Waals surface area contributed by atoms with Crippen molar-refractivity contribution >= 4 is 55.0 Å². The smallest absolute Gasteiger partial charge is 0.264 e. The number of anilines is 2. The van der Waals surface area contributed by atoms with Crippen LogP contribution in [0.5, 0.6) is 11.5 Å². The van der Waals surface area contributed by atoms with Crippen molar-refractivity contribution in [3.8, 4) is 11.5 Å². The second-order valence-electron chi connectivity index (χ2n) is 11.0. The van der Waals surface area contributed by atoms with E-state index in [-0.39, 0.29) is 50.0 Å².